The van der Waals surface area contributed by atoms with Crippen molar-refractivity contribution in [3.8, 4) is 5.75 Å². The van der Waals surface area contributed by atoms with E-state index in [1.165, 1.54) is 0 Å². The Morgan fingerprint density at radius 1 is 1.05 bits per heavy atom. The number of Topliss-reactive ketones (excluding diaryl/α,β-unsaturated/α-hetero) is 1. The highest BCUT2D eigenvalue weighted by atomic mass is 32.2. The van der Waals surface area contributed by atoms with E-state index in [9.17, 15) is 14.4 Å². The minimum absolute atomic E-state index is 0.113. The Balaban J connectivity index is 0.000000293. The average Bonchev–Trinajstić information content (AvgIpc) is 3.39. The van der Waals surface area contributed by atoms with Crippen LogP contribution in [0, 0.1) is 19.8 Å². The maximum absolute atomic E-state index is 12.5. The fraction of sp³-hybridized carbons (Fsp3) is 0.500. The van der Waals surface area contributed by atoms with Crippen molar-refractivity contribution in [1.29, 1.82) is 0 Å². The number of benzene rings is 2. The number of hydrogen-bond donors (Lipinski definition) is 1. The van der Waals surface area contributed by atoms with Gasteiger partial charge < -0.3 is 19.5 Å². The summed E-state index contributed by atoms with van der Waals surface area (Å²) in [6.07, 6.45) is 5.52. The van der Waals surface area contributed by atoms with Crippen molar-refractivity contribution in [2.75, 3.05) is 26.0 Å². The zero-order chi connectivity index (χ0) is 28.3. The second-order valence-electron chi connectivity index (χ2n) is 9.98. The van der Waals surface area contributed by atoms with Gasteiger partial charge in [-0.2, -0.15) is 0 Å². The fourth-order valence-electron chi connectivity index (χ4n) is 3.99. The van der Waals surface area contributed by atoms with Gasteiger partial charge in [0, 0.05) is 29.5 Å². The average molecular weight is 544 g/mol. The van der Waals surface area contributed by atoms with E-state index in [1.807, 2.05) is 62.6 Å². The van der Waals surface area contributed by atoms with Crippen molar-refractivity contribution in [2.45, 2.75) is 70.8 Å². The monoisotopic (exact) mass is 543 g/mol. The first-order valence-electron chi connectivity index (χ1n) is 13.1. The number of hydrogen-bond acceptors (Lipinski definition) is 6. The normalized spacial score (nSPS) is 14.9. The van der Waals surface area contributed by atoms with E-state index in [0.717, 1.165) is 40.8 Å². The van der Waals surface area contributed by atoms with Crippen LogP contribution in [0.1, 0.15) is 67.9 Å². The zero-order valence-corrected chi connectivity index (χ0v) is 24.2. The van der Waals surface area contributed by atoms with Crippen molar-refractivity contribution in [3.05, 3.63) is 59.2 Å². The van der Waals surface area contributed by atoms with E-state index in [1.54, 1.807) is 30.5 Å². The molecule has 1 unspecified atom stereocenters. The Hall–Kier alpha value is -3.00. The SMILES string of the molecule is CCCCCOC(=O)N1CCC(C(=O)c2ccc(SC)cc2)C1.Cc1cccc(C)c1OC(C)(C)C(=O)O. The number of unbranched alkanes of at least 4 members (excludes halogenated alkanes) is 2. The summed E-state index contributed by atoms with van der Waals surface area (Å²) in [6.45, 7) is 10.5. The number of aryl methyl sites for hydroxylation is 2. The summed E-state index contributed by atoms with van der Waals surface area (Å²) >= 11 is 1.66. The number of nitrogens with zero attached hydrogens (tertiary/aromatic N) is 1. The molecule has 38 heavy (non-hydrogen) atoms. The third kappa shape index (κ3) is 9.08. The van der Waals surface area contributed by atoms with Gasteiger partial charge in [0.2, 0.25) is 0 Å². The maximum Gasteiger partial charge on any atom is 0.409 e. The Kier molecular flexibility index (Phi) is 12.2. The molecule has 1 saturated heterocycles. The molecule has 3 rings (SSSR count). The highest BCUT2D eigenvalue weighted by Gasteiger charge is 2.32. The summed E-state index contributed by atoms with van der Waals surface area (Å²) in [6, 6.07) is 13.4. The van der Waals surface area contributed by atoms with Gasteiger partial charge in [-0.15, -0.1) is 11.8 Å². The first-order valence-corrected chi connectivity index (χ1v) is 14.3. The maximum atomic E-state index is 12.5. The summed E-state index contributed by atoms with van der Waals surface area (Å²) in [5.41, 5.74) is 1.43. The van der Waals surface area contributed by atoms with Crippen molar-refractivity contribution in [3.63, 3.8) is 0 Å². The standard InChI is InChI=1S/C18H25NO3S.C12H16O3/c1-3-4-5-12-22-18(21)19-11-10-15(13-19)17(20)14-6-8-16(23-2)9-7-14;1-8-6-5-7-9(2)10(8)15-12(3,4)11(13)14/h6-9,15H,3-5,10-13H2,1-2H3;5-7H,1-4H3,(H,13,14). The number of para-hydroxylation sites is 1. The molecule has 2 aromatic carbocycles. The van der Waals surface area contributed by atoms with Gasteiger partial charge in [0.1, 0.15) is 5.75 Å². The van der Waals surface area contributed by atoms with Crippen LogP contribution in [-0.4, -0.2) is 59.4 Å². The van der Waals surface area contributed by atoms with Crippen molar-refractivity contribution in [2.24, 2.45) is 5.92 Å². The number of rotatable bonds is 10. The number of aliphatic carboxylic acids is 1. The Morgan fingerprint density at radius 3 is 2.24 bits per heavy atom. The number of thioether (sulfide) groups is 1. The third-order valence-corrected chi connectivity index (χ3v) is 7.19. The number of ether oxygens (including phenoxy) is 2. The molecule has 1 aliphatic rings. The smallest absolute Gasteiger partial charge is 0.409 e. The van der Waals surface area contributed by atoms with Crippen LogP contribution in [0.3, 0.4) is 0 Å². The summed E-state index contributed by atoms with van der Waals surface area (Å²) < 4.78 is 10.8. The van der Waals surface area contributed by atoms with Crippen LogP contribution in [0.4, 0.5) is 4.79 Å². The van der Waals surface area contributed by atoms with Crippen molar-refractivity contribution < 1.29 is 29.0 Å². The van der Waals surface area contributed by atoms with E-state index in [0.29, 0.717) is 31.9 Å². The third-order valence-electron chi connectivity index (χ3n) is 6.45. The van der Waals surface area contributed by atoms with E-state index >= 15 is 0 Å². The molecule has 0 aromatic heterocycles. The molecule has 1 fully saturated rings. The molecule has 0 aliphatic carbocycles. The zero-order valence-electron chi connectivity index (χ0n) is 23.4. The Morgan fingerprint density at radius 2 is 1.68 bits per heavy atom. The molecule has 0 saturated carbocycles. The molecule has 2 aromatic rings. The Labute approximate surface area is 230 Å². The lowest BCUT2D eigenvalue weighted by Gasteiger charge is -2.23. The first kappa shape index (κ1) is 31.2. The molecular weight excluding hydrogens is 502 g/mol. The number of carboxylic acids is 1. The summed E-state index contributed by atoms with van der Waals surface area (Å²) in [7, 11) is 0. The van der Waals surface area contributed by atoms with Crippen LogP contribution < -0.4 is 4.74 Å². The summed E-state index contributed by atoms with van der Waals surface area (Å²) in [5, 5.41) is 8.96. The van der Waals surface area contributed by atoms with E-state index in [2.05, 4.69) is 6.92 Å². The van der Waals surface area contributed by atoms with Gasteiger partial charge in [0.05, 0.1) is 6.61 Å². The quantitative estimate of drug-likeness (QED) is 0.200. The van der Waals surface area contributed by atoms with Crippen LogP contribution in [0.2, 0.25) is 0 Å². The highest BCUT2D eigenvalue weighted by Crippen LogP contribution is 2.27. The topological polar surface area (TPSA) is 93.1 Å². The van der Waals surface area contributed by atoms with Gasteiger partial charge in [-0.05, 0) is 70.1 Å². The number of amides is 1. The van der Waals surface area contributed by atoms with Crippen LogP contribution in [0.25, 0.3) is 0 Å². The highest BCUT2D eigenvalue weighted by molar-refractivity contribution is 7.98. The van der Waals surface area contributed by atoms with Crippen LogP contribution in [0.5, 0.6) is 5.75 Å². The molecule has 1 heterocycles. The van der Waals surface area contributed by atoms with Gasteiger partial charge in [-0.25, -0.2) is 9.59 Å². The van der Waals surface area contributed by atoms with Gasteiger partial charge >= 0.3 is 12.1 Å². The molecule has 0 bridgehead atoms. The van der Waals surface area contributed by atoms with Crippen LogP contribution in [-0.2, 0) is 9.53 Å². The minimum Gasteiger partial charge on any atom is -0.478 e. The fourth-order valence-corrected chi connectivity index (χ4v) is 4.40. The first-order chi connectivity index (χ1) is 18.0. The van der Waals surface area contributed by atoms with E-state index in [-0.39, 0.29) is 17.8 Å². The number of likely N-dealkylation sites (tertiary alicyclic amines) is 1. The van der Waals surface area contributed by atoms with Crippen LogP contribution >= 0.6 is 11.8 Å². The Bertz CT molecular complexity index is 1060. The number of carboxylic acid groups (broad SMARTS) is 1. The predicted octanol–water partition coefficient (Wildman–Crippen LogP) is 6.79. The number of carbonyl (C=O) groups excluding carboxylic acids is 2. The van der Waals surface area contributed by atoms with Crippen LogP contribution in [0.15, 0.2) is 47.4 Å². The van der Waals surface area contributed by atoms with Crippen molar-refractivity contribution >= 4 is 29.6 Å². The lowest BCUT2D eigenvalue weighted by Crippen LogP contribution is -2.38. The van der Waals surface area contributed by atoms with Gasteiger partial charge in [0.15, 0.2) is 11.4 Å². The minimum atomic E-state index is -1.20. The second kappa shape index (κ2) is 14.8. The molecule has 0 radical (unpaired) electrons. The molecule has 7 nitrogen and oxygen atoms in total. The largest absolute Gasteiger partial charge is 0.478 e. The molecule has 8 heteroatoms. The van der Waals surface area contributed by atoms with Gasteiger partial charge in [0.25, 0.3) is 0 Å². The van der Waals surface area contributed by atoms with Gasteiger partial charge in [-0.1, -0.05) is 50.1 Å². The lowest BCUT2D eigenvalue weighted by molar-refractivity contribution is -0.152. The van der Waals surface area contributed by atoms with Crippen molar-refractivity contribution in [1.82, 2.24) is 4.90 Å². The summed E-state index contributed by atoms with van der Waals surface area (Å²) in [5.74, 6) is -0.299. The predicted molar refractivity (Wildman–Crippen MR) is 151 cm³/mol. The van der Waals surface area contributed by atoms with Gasteiger partial charge in [-0.3, -0.25) is 4.79 Å². The molecule has 1 atom stereocenters. The second-order valence-corrected chi connectivity index (χ2v) is 10.9. The molecule has 1 N–H and O–H groups in total. The molecule has 0 spiro atoms. The number of ketones is 1. The van der Waals surface area contributed by atoms with E-state index < -0.39 is 11.6 Å². The molecule has 1 aliphatic heterocycles. The lowest BCUT2D eigenvalue weighted by atomic mass is 9.97. The molecule has 208 valence electrons. The van der Waals surface area contributed by atoms with E-state index in [4.69, 9.17) is 14.6 Å². The molecular formula is C30H41NO6S. The summed E-state index contributed by atoms with van der Waals surface area (Å²) in [4.78, 5) is 38.2. The number of carbonyl (C=O) groups is 3. The molecule has 1 amide bonds.